The molecule has 0 saturated heterocycles. The van der Waals surface area contributed by atoms with Crippen LogP contribution in [0.3, 0.4) is 0 Å². The Kier molecular flexibility index (Phi) is 4.36. The van der Waals surface area contributed by atoms with E-state index in [0.29, 0.717) is 17.4 Å². The number of rotatable bonds is 3. The third kappa shape index (κ3) is 3.09. The first-order valence-corrected chi connectivity index (χ1v) is 9.82. The Bertz CT molecular complexity index is 1110. The van der Waals surface area contributed by atoms with Gasteiger partial charge in [0.1, 0.15) is 17.9 Å². The van der Waals surface area contributed by atoms with Gasteiger partial charge in [-0.3, -0.25) is 4.79 Å². The van der Waals surface area contributed by atoms with Gasteiger partial charge in [-0.2, -0.15) is 10.1 Å². The fourth-order valence-corrected chi connectivity index (χ4v) is 4.46. The molecule has 0 unspecified atom stereocenters. The molecule has 0 radical (unpaired) electrons. The molecule has 1 aliphatic heterocycles. The molecular weight excluding hydrogens is 388 g/mol. The minimum absolute atomic E-state index is 0.00152. The number of hydrogen-bond acceptors (Lipinski definition) is 5. The molecule has 5 rings (SSSR count). The lowest BCUT2D eigenvalue weighted by Gasteiger charge is -2.38. The van der Waals surface area contributed by atoms with E-state index in [1.54, 1.807) is 11.8 Å². The molecule has 3 aromatic rings. The molecule has 0 saturated carbocycles. The Morgan fingerprint density at radius 1 is 1.17 bits per heavy atom. The van der Waals surface area contributed by atoms with Crippen molar-refractivity contribution in [1.82, 2.24) is 14.8 Å². The van der Waals surface area contributed by atoms with Crippen molar-refractivity contribution in [3.63, 3.8) is 0 Å². The second kappa shape index (κ2) is 7.04. The fraction of sp³-hybridized carbons (Fsp3) is 0.227. The predicted octanol–water partition coefficient (Wildman–Crippen LogP) is 4.21. The van der Waals surface area contributed by atoms with Gasteiger partial charge in [0.05, 0.1) is 19.1 Å². The second-order valence-corrected chi connectivity index (χ2v) is 7.74. The Hall–Kier alpha value is -3.12. The van der Waals surface area contributed by atoms with E-state index in [1.807, 2.05) is 48.5 Å². The highest BCUT2D eigenvalue weighted by molar-refractivity contribution is 6.30. The zero-order valence-corrected chi connectivity index (χ0v) is 16.5. The van der Waals surface area contributed by atoms with Gasteiger partial charge in [-0.15, -0.1) is 0 Å². The average Bonchev–Trinajstić information content (AvgIpc) is 3.20. The monoisotopic (exact) mass is 406 g/mol. The van der Waals surface area contributed by atoms with Gasteiger partial charge < -0.3 is 10.1 Å². The molecule has 1 aromatic heterocycles. The maximum absolute atomic E-state index is 13.3. The van der Waals surface area contributed by atoms with Crippen LogP contribution in [-0.2, 0) is 4.79 Å². The van der Waals surface area contributed by atoms with Gasteiger partial charge in [0.15, 0.2) is 0 Å². The van der Waals surface area contributed by atoms with E-state index in [1.165, 1.54) is 6.33 Å². The molecule has 2 aliphatic rings. The fourth-order valence-electron chi connectivity index (χ4n) is 4.26. The minimum atomic E-state index is -0.350. The zero-order chi connectivity index (χ0) is 20.0. The number of Topliss-reactive ketones (excluding diaryl/α,β-unsaturated/α-hetero) is 1. The minimum Gasteiger partial charge on any atom is -0.497 e. The van der Waals surface area contributed by atoms with Crippen molar-refractivity contribution in [1.29, 1.82) is 0 Å². The molecule has 0 fully saturated rings. The predicted molar refractivity (Wildman–Crippen MR) is 110 cm³/mol. The normalized spacial score (nSPS) is 22.9. The van der Waals surface area contributed by atoms with Crippen molar-refractivity contribution in [2.24, 2.45) is 5.92 Å². The van der Waals surface area contributed by atoms with Crippen molar-refractivity contribution in [2.45, 2.75) is 18.4 Å². The third-order valence-electron chi connectivity index (χ3n) is 5.63. The number of nitrogens with one attached hydrogen (secondary N) is 1. The van der Waals surface area contributed by atoms with Gasteiger partial charge in [-0.25, -0.2) is 4.68 Å². The van der Waals surface area contributed by atoms with Crippen LogP contribution in [-0.4, -0.2) is 27.7 Å². The van der Waals surface area contributed by atoms with E-state index in [9.17, 15) is 4.79 Å². The molecule has 146 valence electrons. The number of fused-ring (bicyclic) bond motifs is 2. The number of aromatic nitrogens is 3. The first kappa shape index (κ1) is 17.9. The van der Waals surface area contributed by atoms with Crippen molar-refractivity contribution in [3.8, 4) is 5.75 Å². The number of hydrogen-bond donors (Lipinski definition) is 1. The molecule has 1 N–H and O–H groups in total. The summed E-state index contributed by atoms with van der Waals surface area (Å²) >= 11 is 6.23. The van der Waals surface area contributed by atoms with Crippen LogP contribution in [0.25, 0.3) is 0 Å². The van der Waals surface area contributed by atoms with Gasteiger partial charge in [0.25, 0.3) is 0 Å². The number of carbonyl (C=O) groups excluding carboxylic acids is 1. The van der Waals surface area contributed by atoms with Crippen molar-refractivity contribution < 1.29 is 9.53 Å². The van der Waals surface area contributed by atoms with Crippen molar-refractivity contribution >= 4 is 23.3 Å². The molecule has 1 aliphatic carbocycles. The Balaban J connectivity index is 1.58. The van der Waals surface area contributed by atoms with E-state index in [4.69, 9.17) is 16.3 Å². The molecule has 0 amide bonds. The van der Waals surface area contributed by atoms with Gasteiger partial charge >= 0.3 is 0 Å². The Labute approximate surface area is 173 Å². The van der Waals surface area contributed by atoms with E-state index in [2.05, 4.69) is 21.5 Å². The molecule has 29 heavy (non-hydrogen) atoms. The summed E-state index contributed by atoms with van der Waals surface area (Å²) in [4.78, 5) is 17.7. The summed E-state index contributed by atoms with van der Waals surface area (Å²) in [5.41, 5.74) is 2.89. The third-order valence-corrected chi connectivity index (χ3v) is 5.86. The molecule has 0 spiro atoms. The topological polar surface area (TPSA) is 69.0 Å². The van der Waals surface area contributed by atoms with Gasteiger partial charge in [-0.1, -0.05) is 41.9 Å². The number of ketones is 1. The van der Waals surface area contributed by atoms with Crippen LogP contribution < -0.4 is 10.1 Å². The van der Waals surface area contributed by atoms with Gasteiger partial charge in [-0.05, 0) is 35.4 Å². The van der Waals surface area contributed by atoms with E-state index >= 15 is 0 Å². The molecular formula is C22H19ClN4O2. The smallest absolute Gasteiger partial charge is 0.226 e. The van der Waals surface area contributed by atoms with E-state index in [-0.39, 0.29) is 23.7 Å². The van der Waals surface area contributed by atoms with Crippen LogP contribution >= 0.6 is 11.6 Å². The maximum atomic E-state index is 13.3. The summed E-state index contributed by atoms with van der Waals surface area (Å²) in [6.07, 6.45) is 4.08. The van der Waals surface area contributed by atoms with Crippen LogP contribution in [0.5, 0.6) is 5.75 Å². The van der Waals surface area contributed by atoms with Crippen LogP contribution in [0.1, 0.15) is 29.5 Å². The van der Waals surface area contributed by atoms with E-state index in [0.717, 1.165) is 22.6 Å². The van der Waals surface area contributed by atoms with E-state index < -0.39 is 0 Å². The quantitative estimate of drug-likeness (QED) is 0.705. The second-order valence-electron chi connectivity index (χ2n) is 7.30. The highest BCUT2D eigenvalue weighted by Gasteiger charge is 2.43. The summed E-state index contributed by atoms with van der Waals surface area (Å²) in [5, 5.41) is 8.32. The number of carbonyl (C=O) groups is 1. The summed E-state index contributed by atoms with van der Waals surface area (Å²) in [7, 11) is 1.64. The van der Waals surface area contributed by atoms with Crippen molar-refractivity contribution in [2.75, 3.05) is 12.4 Å². The molecule has 3 atom stereocenters. The van der Waals surface area contributed by atoms with Crippen LogP contribution in [0, 0.1) is 5.92 Å². The molecule has 2 aromatic carbocycles. The number of benzene rings is 2. The molecule has 6 nitrogen and oxygen atoms in total. The van der Waals surface area contributed by atoms with Gasteiger partial charge in [0.2, 0.25) is 5.95 Å². The standard InChI is InChI=1S/C22H19ClN4O2/c1-29-17-7-5-13(6-8-17)15-10-18-20(19(28)11-15)21(14-3-2-4-16(23)9-14)27-22(26-18)24-12-25-27/h2-10,12,15,20-21H,11H2,1H3,(H,24,25,26)/t15-,20+,21+/m1/s1. The first-order chi connectivity index (χ1) is 14.1. The highest BCUT2D eigenvalue weighted by atomic mass is 35.5. The van der Waals surface area contributed by atoms with Crippen LogP contribution in [0.2, 0.25) is 5.02 Å². The molecule has 0 bridgehead atoms. The summed E-state index contributed by atoms with van der Waals surface area (Å²) in [5.74, 6) is 1.24. The summed E-state index contributed by atoms with van der Waals surface area (Å²) in [6, 6.07) is 15.2. The largest absolute Gasteiger partial charge is 0.497 e. The lowest BCUT2D eigenvalue weighted by molar-refractivity contribution is -0.123. The number of methoxy groups -OCH3 is 1. The first-order valence-electron chi connectivity index (χ1n) is 9.44. The lowest BCUT2D eigenvalue weighted by Crippen LogP contribution is -2.40. The SMILES string of the molecule is COc1ccc([C@@H]2C=C3Nc4ncnn4[C@@H](c4cccc(Cl)c4)[C@@H]3C(=O)C2)cc1. The highest BCUT2D eigenvalue weighted by Crippen LogP contribution is 2.44. The Morgan fingerprint density at radius 2 is 2.00 bits per heavy atom. The number of nitrogens with zero attached hydrogens (tertiary/aromatic N) is 3. The summed E-state index contributed by atoms with van der Waals surface area (Å²) < 4.78 is 7.02. The number of ether oxygens (including phenoxy) is 1. The van der Waals surface area contributed by atoms with Crippen LogP contribution in [0.4, 0.5) is 5.95 Å². The number of halogens is 1. The lowest BCUT2D eigenvalue weighted by atomic mass is 9.75. The average molecular weight is 407 g/mol. The summed E-state index contributed by atoms with van der Waals surface area (Å²) in [6.45, 7) is 0. The molecule has 2 heterocycles. The van der Waals surface area contributed by atoms with Gasteiger partial charge in [0, 0.05) is 23.1 Å². The Morgan fingerprint density at radius 3 is 2.76 bits per heavy atom. The number of anilines is 1. The maximum Gasteiger partial charge on any atom is 0.226 e. The molecule has 7 heteroatoms. The number of allylic oxidation sites excluding steroid dienone is 2. The van der Waals surface area contributed by atoms with Crippen LogP contribution in [0.15, 0.2) is 66.6 Å². The zero-order valence-electron chi connectivity index (χ0n) is 15.7. The van der Waals surface area contributed by atoms with Crippen molar-refractivity contribution in [3.05, 3.63) is 82.8 Å².